The minimum Gasteiger partial charge on any atom is -0.482 e. The van der Waals surface area contributed by atoms with Crippen molar-refractivity contribution in [2.75, 3.05) is 18.5 Å². The van der Waals surface area contributed by atoms with Crippen LogP contribution in [0.25, 0.3) is 0 Å². The number of piperidine rings is 1. The number of nitrogens with one attached hydrogen (secondary N) is 2. The predicted molar refractivity (Wildman–Crippen MR) is 71.2 cm³/mol. The Morgan fingerprint density at radius 3 is 3.05 bits per heavy atom. The van der Waals surface area contributed by atoms with E-state index in [1.165, 1.54) is 0 Å². The van der Waals surface area contributed by atoms with E-state index in [1.54, 1.807) is 12.1 Å². The van der Waals surface area contributed by atoms with Gasteiger partial charge < -0.3 is 20.5 Å². The minimum atomic E-state index is -0.551. The van der Waals surface area contributed by atoms with Gasteiger partial charge in [0.2, 0.25) is 0 Å². The van der Waals surface area contributed by atoms with Crippen LogP contribution in [0.3, 0.4) is 0 Å². The number of rotatable bonds is 2. The van der Waals surface area contributed by atoms with Gasteiger partial charge in [0.15, 0.2) is 6.61 Å². The molecular weight excluding hydrogens is 244 g/mol. The van der Waals surface area contributed by atoms with E-state index in [0.29, 0.717) is 11.4 Å². The molecule has 0 aliphatic carbocycles. The fourth-order valence-electron chi connectivity index (χ4n) is 2.67. The first-order valence-corrected chi connectivity index (χ1v) is 6.72. The van der Waals surface area contributed by atoms with E-state index < -0.39 is 6.10 Å². The zero-order valence-corrected chi connectivity index (χ0v) is 10.7. The molecule has 0 spiro atoms. The number of hydrogen-bond acceptors (Lipinski definition) is 4. The molecule has 1 fully saturated rings. The summed E-state index contributed by atoms with van der Waals surface area (Å²) in [5.41, 5.74) is 1.45. The highest BCUT2D eigenvalue weighted by Crippen LogP contribution is 2.32. The molecule has 0 aromatic heterocycles. The Balaban J connectivity index is 1.80. The molecule has 1 aromatic rings. The van der Waals surface area contributed by atoms with Crippen LogP contribution in [-0.2, 0) is 4.79 Å². The van der Waals surface area contributed by atoms with Crippen LogP contribution in [0.5, 0.6) is 5.75 Å². The van der Waals surface area contributed by atoms with Gasteiger partial charge in [-0.25, -0.2) is 0 Å². The van der Waals surface area contributed by atoms with E-state index in [0.717, 1.165) is 31.4 Å². The molecule has 2 aliphatic rings. The van der Waals surface area contributed by atoms with Crippen molar-refractivity contribution in [1.82, 2.24) is 5.32 Å². The number of hydrogen-bond donors (Lipinski definition) is 3. The molecule has 2 aliphatic heterocycles. The van der Waals surface area contributed by atoms with Crippen LogP contribution in [-0.4, -0.2) is 30.2 Å². The zero-order chi connectivity index (χ0) is 13.2. The lowest BCUT2D eigenvalue weighted by molar-refractivity contribution is -0.118. The third-order valence-corrected chi connectivity index (χ3v) is 3.71. The molecule has 1 aromatic carbocycles. The number of amides is 1. The number of aliphatic hydroxyl groups excluding tert-OH is 1. The van der Waals surface area contributed by atoms with Crippen LogP contribution >= 0.6 is 0 Å². The van der Waals surface area contributed by atoms with E-state index in [9.17, 15) is 9.90 Å². The summed E-state index contributed by atoms with van der Waals surface area (Å²) >= 11 is 0. The molecule has 1 saturated heterocycles. The molecule has 3 N–H and O–H groups in total. The van der Waals surface area contributed by atoms with E-state index in [-0.39, 0.29) is 18.6 Å². The Hall–Kier alpha value is -1.59. The average Bonchev–Trinajstić information content (AvgIpc) is 2.46. The summed E-state index contributed by atoms with van der Waals surface area (Å²) in [5.74, 6) is 0.502. The third kappa shape index (κ3) is 2.57. The average molecular weight is 262 g/mol. The van der Waals surface area contributed by atoms with Gasteiger partial charge in [0, 0.05) is 6.04 Å². The summed E-state index contributed by atoms with van der Waals surface area (Å²) in [5, 5.41) is 16.5. The van der Waals surface area contributed by atoms with Crippen molar-refractivity contribution in [2.24, 2.45) is 0 Å². The van der Waals surface area contributed by atoms with Crippen molar-refractivity contribution in [3.05, 3.63) is 23.8 Å². The Labute approximate surface area is 112 Å². The standard InChI is InChI=1S/C14H18N2O3/c17-13-8-19-12-5-4-9(7-11(12)16-13)14(18)10-3-1-2-6-15-10/h4-5,7,10,14-15,18H,1-3,6,8H2,(H,16,17). The lowest BCUT2D eigenvalue weighted by Crippen LogP contribution is -2.38. The molecule has 0 bridgehead atoms. The first kappa shape index (κ1) is 12.4. The number of aliphatic hydroxyl groups is 1. The van der Waals surface area contributed by atoms with Crippen LogP contribution in [0.15, 0.2) is 18.2 Å². The van der Waals surface area contributed by atoms with Gasteiger partial charge in [-0.2, -0.15) is 0 Å². The van der Waals surface area contributed by atoms with Crippen molar-refractivity contribution in [1.29, 1.82) is 0 Å². The monoisotopic (exact) mass is 262 g/mol. The number of fused-ring (bicyclic) bond motifs is 1. The summed E-state index contributed by atoms with van der Waals surface area (Å²) < 4.78 is 5.31. The topological polar surface area (TPSA) is 70.6 Å². The zero-order valence-electron chi connectivity index (χ0n) is 10.7. The van der Waals surface area contributed by atoms with E-state index in [1.807, 2.05) is 6.07 Å². The van der Waals surface area contributed by atoms with Gasteiger partial charge in [-0.05, 0) is 37.1 Å². The molecule has 0 saturated carbocycles. The van der Waals surface area contributed by atoms with Crippen LogP contribution in [0.1, 0.15) is 30.9 Å². The SMILES string of the molecule is O=C1COc2ccc(C(O)C3CCCCN3)cc2N1. The molecule has 2 heterocycles. The summed E-state index contributed by atoms with van der Waals surface area (Å²) in [7, 11) is 0. The second-order valence-corrected chi connectivity index (χ2v) is 5.09. The van der Waals surface area contributed by atoms with Crippen molar-refractivity contribution >= 4 is 11.6 Å². The first-order chi connectivity index (χ1) is 9.24. The normalized spacial score (nSPS) is 24.1. The highest BCUT2D eigenvalue weighted by atomic mass is 16.5. The van der Waals surface area contributed by atoms with Crippen LogP contribution in [0, 0.1) is 0 Å². The summed E-state index contributed by atoms with van der Waals surface area (Å²) in [4.78, 5) is 11.3. The number of carbonyl (C=O) groups excluding carboxylic acids is 1. The maximum Gasteiger partial charge on any atom is 0.262 e. The summed E-state index contributed by atoms with van der Waals surface area (Å²) in [6.07, 6.45) is 2.72. The number of carbonyl (C=O) groups is 1. The van der Waals surface area contributed by atoms with E-state index in [2.05, 4.69) is 10.6 Å². The Kier molecular flexibility index (Phi) is 3.40. The fraction of sp³-hybridized carbons (Fsp3) is 0.500. The van der Waals surface area contributed by atoms with Gasteiger partial charge in [-0.1, -0.05) is 12.5 Å². The van der Waals surface area contributed by atoms with Crippen molar-refractivity contribution in [2.45, 2.75) is 31.4 Å². The molecule has 5 nitrogen and oxygen atoms in total. The van der Waals surface area contributed by atoms with Gasteiger partial charge in [-0.3, -0.25) is 4.79 Å². The van der Waals surface area contributed by atoms with Crippen LogP contribution in [0.4, 0.5) is 5.69 Å². The van der Waals surface area contributed by atoms with E-state index >= 15 is 0 Å². The number of anilines is 1. The maximum absolute atomic E-state index is 11.3. The van der Waals surface area contributed by atoms with Crippen LogP contribution < -0.4 is 15.4 Å². The Bertz CT molecular complexity index is 484. The second kappa shape index (κ2) is 5.19. The Morgan fingerprint density at radius 2 is 2.26 bits per heavy atom. The van der Waals surface area contributed by atoms with Gasteiger partial charge >= 0.3 is 0 Å². The summed E-state index contributed by atoms with van der Waals surface area (Å²) in [6, 6.07) is 5.55. The van der Waals surface area contributed by atoms with Crippen molar-refractivity contribution < 1.29 is 14.6 Å². The smallest absolute Gasteiger partial charge is 0.262 e. The first-order valence-electron chi connectivity index (χ1n) is 6.72. The lowest BCUT2D eigenvalue weighted by Gasteiger charge is -2.29. The van der Waals surface area contributed by atoms with Crippen LogP contribution in [0.2, 0.25) is 0 Å². The molecular formula is C14H18N2O3. The summed E-state index contributed by atoms with van der Waals surface area (Å²) in [6.45, 7) is 1.01. The van der Waals surface area contributed by atoms with Gasteiger partial charge in [-0.15, -0.1) is 0 Å². The van der Waals surface area contributed by atoms with Gasteiger partial charge in [0.05, 0.1) is 11.8 Å². The highest BCUT2D eigenvalue weighted by molar-refractivity contribution is 5.95. The molecule has 5 heteroatoms. The number of benzene rings is 1. The maximum atomic E-state index is 11.3. The molecule has 2 unspecified atom stereocenters. The van der Waals surface area contributed by atoms with E-state index in [4.69, 9.17) is 4.74 Å². The predicted octanol–water partition coefficient (Wildman–Crippen LogP) is 1.19. The molecule has 2 atom stereocenters. The largest absolute Gasteiger partial charge is 0.482 e. The third-order valence-electron chi connectivity index (χ3n) is 3.71. The number of ether oxygens (including phenoxy) is 1. The van der Waals surface area contributed by atoms with Crippen molar-refractivity contribution in [3.8, 4) is 5.75 Å². The van der Waals surface area contributed by atoms with Gasteiger partial charge in [0.25, 0.3) is 5.91 Å². The second-order valence-electron chi connectivity index (χ2n) is 5.09. The lowest BCUT2D eigenvalue weighted by atomic mass is 9.94. The molecule has 3 rings (SSSR count). The van der Waals surface area contributed by atoms with Crippen molar-refractivity contribution in [3.63, 3.8) is 0 Å². The molecule has 1 amide bonds. The quantitative estimate of drug-likeness (QED) is 0.749. The Morgan fingerprint density at radius 1 is 1.37 bits per heavy atom. The molecule has 0 radical (unpaired) electrons. The highest BCUT2D eigenvalue weighted by Gasteiger charge is 2.24. The molecule has 19 heavy (non-hydrogen) atoms. The fourth-order valence-corrected chi connectivity index (χ4v) is 2.67. The van der Waals surface area contributed by atoms with Gasteiger partial charge in [0.1, 0.15) is 5.75 Å². The molecule has 102 valence electrons. The minimum absolute atomic E-state index is 0.0546.